The van der Waals surface area contributed by atoms with Crippen molar-refractivity contribution in [2.75, 3.05) is 24.5 Å². The van der Waals surface area contributed by atoms with Gasteiger partial charge in [-0.25, -0.2) is 0 Å². The minimum absolute atomic E-state index is 0.841. The monoisotopic (exact) mass is 207 g/mol. The molecule has 0 N–H and O–H groups in total. The van der Waals surface area contributed by atoms with Gasteiger partial charge in [-0.2, -0.15) is 0 Å². The molecule has 0 spiro atoms. The number of rotatable bonds is 1. The number of hydrogen-bond donors (Lipinski definition) is 1. The van der Waals surface area contributed by atoms with E-state index in [4.69, 9.17) is 0 Å². The molecule has 4 heteroatoms. The number of piperazine rings is 1. The van der Waals surface area contributed by atoms with Gasteiger partial charge in [0.25, 0.3) is 0 Å². The lowest BCUT2D eigenvalue weighted by atomic mass is 10.2. The molecule has 0 amide bonds. The van der Waals surface area contributed by atoms with Crippen molar-refractivity contribution >= 4 is 18.5 Å². The summed E-state index contributed by atoms with van der Waals surface area (Å²) in [5, 5.41) is 0. The summed E-state index contributed by atoms with van der Waals surface area (Å²) in [4.78, 5) is 6.27. The minimum atomic E-state index is 0.841. The molecule has 1 saturated heterocycles. The molecule has 0 atom stereocenters. The number of thiol groups is 1. The molecular weight excluding hydrogens is 194 g/mol. The van der Waals surface area contributed by atoms with Crippen molar-refractivity contribution < 1.29 is 0 Å². The van der Waals surface area contributed by atoms with E-state index in [1.807, 2.05) is 28.8 Å². The van der Waals surface area contributed by atoms with Crippen LogP contribution in [-0.2, 0) is 0 Å². The van der Waals surface area contributed by atoms with E-state index >= 15 is 0 Å². The van der Waals surface area contributed by atoms with E-state index in [2.05, 4.69) is 29.3 Å². The first-order chi connectivity index (χ1) is 6.77. The van der Waals surface area contributed by atoms with Crippen molar-refractivity contribution in [2.45, 2.75) is 0 Å². The van der Waals surface area contributed by atoms with Gasteiger partial charge in [0, 0.05) is 36.9 Å². The Morgan fingerprint density at radius 3 is 2.64 bits per heavy atom. The van der Waals surface area contributed by atoms with Crippen LogP contribution >= 0.6 is 12.8 Å². The predicted molar refractivity (Wildman–Crippen MR) is 61.3 cm³/mol. The highest BCUT2D eigenvalue weighted by atomic mass is 32.1. The summed E-state index contributed by atoms with van der Waals surface area (Å²) in [5.41, 5.74) is 2.24. The zero-order valence-corrected chi connectivity index (χ0v) is 8.82. The van der Waals surface area contributed by atoms with Gasteiger partial charge in [0.1, 0.15) is 0 Å². The number of nitrogens with zero attached hydrogens (tertiary/aromatic N) is 3. The normalized spacial score (nSPS) is 17.4. The molecule has 0 unspecified atom stereocenters. The Kier molecular flexibility index (Phi) is 2.63. The largest absolute Gasteiger partial charge is 0.364 e. The molecule has 0 bridgehead atoms. The van der Waals surface area contributed by atoms with Crippen LogP contribution in [0.4, 0.5) is 5.69 Å². The van der Waals surface area contributed by atoms with Crippen LogP contribution in [-0.4, -0.2) is 28.9 Å². The molecule has 0 radical (unpaired) electrons. The number of aromatic nitrogens is 1. The maximum absolute atomic E-state index is 4.30. The van der Waals surface area contributed by atoms with Crippen molar-refractivity contribution in [3.05, 3.63) is 36.8 Å². The molecule has 0 saturated carbocycles. The molecular formula is C10H13N3S. The maximum atomic E-state index is 4.30. The Balaban J connectivity index is 2.11. The first-order valence-electron chi connectivity index (χ1n) is 4.56. The third-order valence-corrected chi connectivity index (χ3v) is 2.83. The van der Waals surface area contributed by atoms with Crippen molar-refractivity contribution in [1.82, 2.24) is 9.29 Å². The van der Waals surface area contributed by atoms with E-state index in [1.165, 1.54) is 5.69 Å². The van der Waals surface area contributed by atoms with Gasteiger partial charge in [0.2, 0.25) is 0 Å². The van der Waals surface area contributed by atoms with Crippen molar-refractivity contribution in [3.8, 4) is 0 Å². The van der Waals surface area contributed by atoms with Crippen LogP contribution in [0, 0.1) is 0 Å². The molecule has 2 rings (SSSR count). The summed E-state index contributed by atoms with van der Waals surface area (Å²) in [5.74, 6) is 0. The van der Waals surface area contributed by atoms with Gasteiger partial charge < -0.3 is 9.21 Å². The van der Waals surface area contributed by atoms with Crippen molar-refractivity contribution in [1.29, 1.82) is 0 Å². The molecule has 0 aromatic carbocycles. The van der Waals surface area contributed by atoms with E-state index < -0.39 is 0 Å². The number of hydrogen-bond acceptors (Lipinski definition) is 4. The van der Waals surface area contributed by atoms with Crippen molar-refractivity contribution in [3.63, 3.8) is 0 Å². The minimum Gasteiger partial charge on any atom is -0.364 e. The van der Waals surface area contributed by atoms with Gasteiger partial charge in [-0.3, -0.25) is 4.98 Å². The number of anilines is 1. The van der Waals surface area contributed by atoms with Gasteiger partial charge in [-0.1, -0.05) is 19.4 Å². The molecule has 1 fully saturated rings. The van der Waals surface area contributed by atoms with Gasteiger partial charge >= 0.3 is 0 Å². The Morgan fingerprint density at radius 2 is 2.00 bits per heavy atom. The summed E-state index contributed by atoms with van der Waals surface area (Å²) in [7, 11) is 0. The fourth-order valence-electron chi connectivity index (χ4n) is 1.53. The highest BCUT2D eigenvalue weighted by Gasteiger charge is 2.17. The Hall–Kier alpha value is -1.16. The highest BCUT2D eigenvalue weighted by molar-refractivity contribution is 7.77. The average Bonchev–Trinajstić information content (AvgIpc) is 2.23. The first-order valence-corrected chi connectivity index (χ1v) is 4.96. The van der Waals surface area contributed by atoms with E-state index in [-0.39, 0.29) is 0 Å². The Labute approximate surface area is 89.6 Å². The van der Waals surface area contributed by atoms with Gasteiger partial charge in [0.15, 0.2) is 0 Å². The van der Waals surface area contributed by atoms with Crippen molar-refractivity contribution in [2.24, 2.45) is 0 Å². The average molecular weight is 207 g/mol. The van der Waals surface area contributed by atoms with Gasteiger partial charge in [-0.15, -0.1) is 0 Å². The first kappa shape index (κ1) is 9.40. The molecule has 2 heterocycles. The summed E-state index contributed by atoms with van der Waals surface area (Å²) < 4.78 is 1.90. The second-order valence-electron chi connectivity index (χ2n) is 3.32. The fraction of sp³-hybridized carbons (Fsp3) is 0.300. The maximum Gasteiger partial charge on any atom is 0.0581 e. The molecule has 14 heavy (non-hydrogen) atoms. The van der Waals surface area contributed by atoms with E-state index in [1.54, 1.807) is 0 Å². The topological polar surface area (TPSA) is 19.4 Å². The van der Waals surface area contributed by atoms with Crippen LogP contribution in [0.5, 0.6) is 0 Å². The molecule has 0 aliphatic carbocycles. The summed E-state index contributed by atoms with van der Waals surface area (Å²) in [6.07, 6.45) is 3.62. The van der Waals surface area contributed by atoms with E-state index in [0.29, 0.717) is 0 Å². The lowest BCUT2D eigenvalue weighted by Crippen LogP contribution is -2.40. The van der Waals surface area contributed by atoms with E-state index in [0.717, 1.165) is 25.3 Å². The van der Waals surface area contributed by atoms with Gasteiger partial charge in [-0.05, 0) is 12.1 Å². The molecule has 1 aliphatic heterocycles. The zero-order chi connectivity index (χ0) is 9.97. The van der Waals surface area contributed by atoms with E-state index in [9.17, 15) is 0 Å². The fourth-order valence-corrected chi connectivity index (χ4v) is 1.68. The third kappa shape index (κ3) is 1.85. The molecule has 74 valence electrons. The Morgan fingerprint density at radius 1 is 1.29 bits per heavy atom. The molecule has 1 aromatic rings. The van der Waals surface area contributed by atoms with Crippen LogP contribution < -0.4 is 4.90 Å². The summed E-state index contributed by atoms with van der Waals surface area (Å²) in [6.45, 7) is 6.69. The van der Waals surface area contributed by atoms with Crippen LogP contribution in [0.25, 0.3) is 0 Å². The summed E-state index contributed by atoms with van der Waals surface area (Å²) in [6, 6.07) is 4.03. The standard InChI is InChI=1S/C10H13N3S/c1-9-8-12(6-7-13(9)14)10-2-4-11-5-3-10/h2-5,14H,1,6-8H2. The van der Waals surface area contributed by atoms with Crippen LogP contribution in [0.3, 0.4) is 0 Å². The molecule has 3 nitrogen and oxygen atoms in total. The Bertz CT molecular complexity index is 325. The third-order valence-electron chi connectivity index (χ3n) is 2.35. The molecule has 1 aliphatic rings. The van der Waals surface area contributed by atoms with Crippen LogP contribution in [0.2, 0.25) is 0 Å². The van der Waals surface area contributed by atoms with Crippen LogP contribution in [0.1, 0.15) is 0 Å². The highest BCUT2D eigenvalue weighted by Crippen LogP contribution is 2.19. The predicted octanol–water partition coefficient (Wildman–Crippen LogP) is 1.56. The molecule has 1 aromatic heterocycles. The van der Waals surface area contributed by atoms with Crippen LogP contribution in [0.15, 0.2) is 36.8 Å². The SMILES string of the molecule is C=C1CN(c2ccncc2)CCN1S. The number of pyridine rings is 1. The second kappa shape index (κ2) is 3.92. The summed E-state index contributed by atoms with van der Waals surface area (Å²) >= 11 is 4.30. The smallest absolute Gasteiger partial charge is 0.0581 e. The lowest BCUT2D eigenvalue weighted by Gasteiger charge is -2.35. The second-order valence-corrected chi connectivity index (χ2v) is 3.80. The quantitative estimate of drug-likeness (QED) is 0.705. The lowest BCUT2D eigenvalue weighted by molar-refractivity contribution is 0.512. The van der Waals surface area contributed by atoms with Gasteiger partial charge in [0.05, 0.1) is 6.54 Å². The zero-order valence-electron chi connectivity index (χ0n) is 7.93.